The van der Waals surface area contributed by atoms with E-state index in [1.807, 2.05) is 7.05 Å². The van der Waals surface area contributed by atoms with Gasteiger partial charge in [-0.2, -0.15) is 5.10 Å². The van der Waals surface area contributed by atoms with Crippen LogP contribution in [0.25, 0.3) is 0 Å². The van der Waals surface area contributed by atoms with Crippen molar-refractivity contribution in [3.63, 3.8) is 0 Å². The van der Waals surface area contributed by atoms with Crippen LogP contribution in [0, 0.1) is 0 Å². The molecule has 0 saturated heterocycles. The van der Waals surface area contributed by atoms with Gasteiger partial charge in [0.05, 0.1) is 0 Å². The Morgan fingerprint density at radius 1 is 1.88 bits per heavy atom. The van der Waals surface area contributed by atoms with Gasteiger partial charge in [0.15, 0.2) is 0 Å². The van der Waals surface area contributed by atoms with E-state index in [0.29, 0.717) is 0 Å². The molecule has 2 nitrogen and oxygen atoms in total. The normalized spacial score (nSPS) is 12.8. The highest BCUT2D eigenvalue weighted by Gasteiger charge is 1.91. The fraction of sp³-hybridized carbons (Fsp3) is 0.750. The number of hydrogen-bond donors (Lipinski definition) is 0. The Bertz CT molecular complexity index is 104. The zero-order chi connectivity index (χ0) is 6.57. The van der Waals surface area contributed by atoms with E-state index in [1.165, 1.54) is 0 Å². The van der Waals surface area contributed by atoms with Crippen LogP contribution in [0.2, 0.25) is 0 Å². The Hall–Kier alpha value is 0.120. The predicted octanol–water partition coefficient (Wildman–Crippen LogP) is 1.14. The minimum atomic E-state index is -0.770. The lowest BCUT2D eigenvalue weighted by molar-refractivity contribution is 0.609. The van der Waals surface area contributed by atoms with Gasteiger partial charge in [0.25, 0.3) is 0 Å². The summed E-state index contributed by atoms with van der Waals surface area (Å²) >= 11 is 5.05. The first-order valence-electron chi connectivity index (χ1n) is 2.45. The molecule has 48 valence electrons. The van der Waals surface area contributed by atoms with Crippen LogP contribution in [0.5, 0.6) is 0 Å². The second kappa shape index (κ2) is 4.04. The van der Waals surface area contributed by atoms with Crippen LogP contribution in [0.15, 0.2) is 5.10 Å². The lowest BCUT2D eigenvalue weighted by Gasteiger charge is -2.11. The first-order valence-corrected chi connectivity index (χ1v) is 5.24. The molecule has 0 fully saturated rings. The Morgan fingerprint density at radius 3 is 2.50 bits per heavy atom. The van der Waals surface area contributed by atoms with Crippen molar-refractivity contribution in [3.8, 4) is 0 Å². The van der Waals surface area contributed by atoms with Crippen molar-refractivity contribution in [3.05, 3.63) is 0 Å². The smallest absolute Gasteiger partial charge is 0.0421 e. The molecule has 0 aliphatic carbocycles. The van der Waals surface area contributed by atoms with E-state index in [-0.39, 0.29) is 0 Å². The van der Waals surface area contributed by atoms with Crippen molar-refractivity contribution < 1.29 is 0 Å². The van der Waals surface area contributed by atoms with Crippen LogP contribution in [0.3, 0.4) is 0 Å². The Balaban J connectivity index is 3.62. The first-order chi connectivity index (χ1) is 3.72. The SMILES string of the molecule is C=NN(C)[PH](=S)CC. The maximum atomic E-state index is 5.05. The molecule has 0 aromatic rings. The summed E-state index contributed by atoms with van der Waals surface area (Å²) in [6.07, 6.45) is 1.04. The molecule has 0 spiro atoms. The van der Waals surface area contributed by atoms with E-state index in [4.69, 9.17) is 11.8 Å². The molecule has 0 rings (SSSR count). The van der Waals surface area contributed by atoms with E-state index in [9.17, 15) is 0 Å². The molecule has 8 heavy (non-hydrogen) atoms. The molecule has 0 N–H and O–H groups in total. The van der Waals surface area contributed by atoms with Crippen molar-refractivity contribution in [2.24, 2.45) is 5.10 Å². The average molecular weight is 150 g/mol. The highest BCUT2D eigenvalue weighted by molar-refractivity contribution is 8.04. The number of rotatable bonds is 3. The van der Waals surface area contributed by atoms with Gasteiger partial charge in [0.2, 0.25) is 0 Å². The van der Waals surface area contributed by atoms with E-state index in [0.717, 1.165) is 6.16 Å². The summed E-state index contributed by atoms with van der Waals surface area (Å²) in [6.45, 7) is 4.67. The first kappa shape index (κ1) is 8.12. The molecule has 4 heteroatoms. The molecule has 0 aromatic carbocycles. The van der Waals surface area contributed by atoms with E-state index in [2.05, 4.69) is 18.7 Å². The topological polar surface area (TPSA) is 15.6 Å². The molecule has 0 radical (unpaired) electrons. The van der Waals surface area contributed by atoms with Gasteiger partial charge in [-0.15, -0.1) is 0 Å². The maximum Gasteiger partial charge on any atom is 0.0421 e. The second-order valence-corrected chi connectivity index (χ2v) is 4.97. The molecule has 0 aromatic heterocycles. The second-order valence-electron chi connectivity index (χ2n) is 1.41. The van der Waals surface area contributed by atoms with Crippen LogP contribution in [-0.2, 0) is 11.8 Å². The monoisotopic (exact) mass is 150 g/mol. The summed E-state index contributed by atoms with van der Waals surface area (Å²) in [5.74, 6) is 0. The molecule has 0 aliphatic rings. The highest BCUT2D eigenvalue weighted by atomic mass is 32.4. The van der Waals surface area contributed by atoms with Crippen molar-refractivity contribution >= 4 is 25.4 Å². The van der Waals surface area contributed by atoms with Gasteiger partial charge >= 0.3 is 0 Å². The highest BCUT2D eigenvalue weighted by Crippen LogP contribution is 2.23. The summed E-state index contributed by atoms with van der Waals surface area (Å²) in [4.78, 5) is 0. The minimum absolute atomic E-state index is 0.770. The fourth-order valence-electron chi connectivity index (χ4n) is 0.308. The quantitative estimate of drug-likeness (QED) is 0.340. The van der Waals surface area contributed by atoms with Gasteiger partial charge in [-0.05, 0) is 6.16 Å². The molecule has 0 heterocycles. The molecule has 0 bridgehead atoms. The van der Waals surface area contributed by atoms with Gasteiger partial charge in [-0.25, -0.2) is 0 Å². The average Bonchev–Trinajstić information content (AvgIpc) is 1.84. The summed E-state index contributed by atoms with van der Waals surface area (Å²) in [6, 6.07) is 0. The molecule has 0 saturated carbocycles. The van der Waals surface area contributed by atoms with Gasteiger partial charge in [0, 0.05) is 20.6 Å². The summed E-state index contributed by atoms with van der Waals surface area (Å²) in [5.41, 5.74) is 0. The third-order valence-corrected chi connectivity index (χ3v) is 4.00. The van der Waals surface area contributed by atoms with Gasteiger partial charge in [0.1, 0.15) is 0 Å². The van der Waals surface area contributed by atoms with Crippen molar-refractivity contribution in [1.29, 1.82) is 0 Å². The van der Waals surface area contributed by atoms with Crippen LogP contribution in [0.1, 0.15) is 6.92 Å². The summed E-state index contributed by atoms with van der Waals surface area (Å²) in [7, 11) is 1.87. The molecule has 1 atom stereocenters. The van der Waals surface area contributed by atoms with Crippen molar-refractivity contribution in [2.75, 3.05) is 13.2 Å². The van der Waals surface area contributed by atoms with Gasteiger partial charge in [-0.3, -0.25) is 4.78 Å². The van der Waals surface area contributed by atoms with Gasteiger partial charge < -0.3 is 0 Å². The standard InChI is InChI=1S/C4H11N2PS/c1-4-7(8)6(3)5-2/h7H,2,4H2,1,3H3. The van der Waals surface area contributed by atoms with Crippen molar-refractivity contribution in [1.82, 2.24) is 4.78 Å². The number of hydrazone groups is 1. The third kappa shape index (κ3) is 2.43. The fourth-order valence-corrected chi connectivity index (χ4v) is 1.10. The van der Waals surface area contributed by atoms with E-state index >= 15 is 0 Å². The van der Waals surface area contributed by atoms with E-state index in [1.54, 1.807) is 4.78 Å². The summed E-state index contributed by atoms with van der Waals surface area (Å²) < 4.78 is 1.78. The Morgan fingerprint density at radius 2 is 2.38 bits per heavy atom. The van der Waals surface area contributed by atoms with Gasteiger partial charge in [-0.1, -0.05) is 18.7 Å². The van der Waals surface area contributed by atoms with Crippen molar-refractivity contribution in [2.45, 2.75) is 6.92 Å². The minimum Gasteiger partial charge on any atom is -0.274 e. The van der Waals surface area contributed by atoms with Crippen LogP contribution < -0.4 is 0 Å². The van der Waals surface area contributed by atoms with Crippen LogP contribution >= 0.6 is 6.85 Å². The van der Waals surface area contributed by atoms with Crippen LogP contribution in [-0.4, -0.2) is 24.7 Å². The molecule has 1 unspecified atom stereocenters. The van der Waals surface area contributed by atoms with E-state index < -0.39 is 6.85 Å². The Kier molecular flexibility index (Phi) is 4.11. The third-order valence-electron chi connectivity index (χ3n) is 0.876. The predicted molar refractivity (Wildman–Crippen MR) is 43.5 cm³/mol. The van der Waals surface area contributed by atoms with Crippen LogP contribution in [0.4, 0.5) is 0 Å². The molecular weight excluding hydrogens is 139 g/mol. The maximum absolute atomic E-state index is 5.05. The lowest BCUT2D eigenvalue weighted by Crippen LogP contribution is -1.97. The largest absolute Gasteiger partial charge is 0.274 e. The number of nitrogens with zero attached hydrogens (tertiary/aromatic N) is 2. The molecular formula is C4H11N2PS. The number of hydrogen-bond acceptors (Lipinski definition) is 2. The Labute approximate surface area is 56.1 Å². The molecule has 0 aliphatic heterocycles. The lowest BCUT2D eigenvalue weighted by atomic mass is 11.0. The zero-order valence-electron chi connectivity index (χ0n) is 5.22. The zero-order valence-corrected chi connectivity index (χ0v) is 7.03. The molecule has 0 amide bonds. The summed E-state index contributed by atoms with van der Waals surface area (Å²) in [5, 5.41) is 3.68.